The van der Waals surface area contributed by atoms with Gasteiger partial charge in [-0.1, -0.05) is 18.9 Å². The minimum absolute atomic E-state index is 0.165. The Morgan fingerprint density at radius 2 is 2.05 bits per heavy atom. The lowest BCUT2D eigenvalue weighted by molar-refractivity contribution is -0.0862. The van der Waals surface area contributed by atoms with Crippen LogP contribution in [0.1, 0.15) is 49.7 Å². The van der Waals surface area contributed by atoms with Crippen LogP contribution in [-0.4, -0.2) is 24.4 Å². The predicted molar refractivity (Wildman–Crippen MR) is 80.1 cm³/mol. The zero-order valence-corrected chi connectivity index (χ0v) is 12.3. The van der Waals surface area contributed by atoms with Gasteiger partial charge >= 0.3 is 0 Å². The highest BCUT2D eigenvalue weighted by Gasteiger charge is 2.54. The van der Waals surface area contributed by atoms with E-state index in [-0.39, 0.29) is 5.41 Å². The van der Waals surface area contributed by atoms with Gasteiger partial charge in [-0.05, 0) is 61.9 Å². The Balaban J connectivity index is 2.15. The van der Waals surface area contributed by atoms with Crippen LogP contribution in [0.25, 0.3) is 0 Å². The second-order valence-electron chi connectivity index (χ2n) is 6.38. The quantitative estimate of drug-likeness (QED) is 0.891. The third kappa shape index (κ3) is 1.87. The van der Waals surface area contributed by atoms with E-state index >= 15 is 0 Å². The highest BCUT2D eigenvalue weighted by molar-refractivity contribution is 5.45. The van der Waals surface area contributed by atoms with E-state index in [0.717, 1.165) is 44.3 Å². The number of nitrogens with two attached hydrogens (primary N) is 1. The van der Waals surface area contributed by atoms with E-state index in [1.165, 1.54) is 17.5 Å². The summed E-state index contributed by atoms with van der Waals surface area (Å²) in [5.41, 5.74) is 7.82. The van der Waals surface area contributed by atoms with Gasteiger partial charge in [0.15, 0.2) is 0 Å². The Kier molecular flexibility index (Phi) is 3.51. The molecular weight excluding hydrogens is 250 g/mol. The minimum Gasteiger partial charge on any atom is -0.497 e. The Bertz CT molecular complexity index is 498. The lowest BCUT2D eigenvalue weighted by Gasteiger charge is -2.54. The molecule has 1 saturated carbocycles. The molecule has 0 amide bonds. The van der Waals surface area contributed by atoms with Crippen molar-refractivity contribution >= 4 is 0 Å². The van der Waals surface area contributed by atoms with Crippen LogP contribution in [0.4, 0.5) is 0 Å². The van der Waals surface area contributed by atoms with E-state index in [1.54, 1.807) is 7.11 Å². The molecule has 0 unspecified atom stereocenters. The molecule has 0 aliphatic heterocycles. The van der Waals surface area contributed by atoms with Crippen molar-refractivity contribution in [2.75, 3.05) is 13.7 Å². The summed E-state index contributed by atoms with van der Waals surface area (Å²) in [6.07, 6.45) is 6.95. The van der Waals surface area contributed by atoms with Crippen molar-refractivity contribution in [3.8, 4) is 5.75 Å². The molecule has 20 heavy (non-hydrogen) atoms. The molecule has 2 atom stereocenters. The van der Waals surface area contributed by atoms with E-state index in [0.29, 0.717) is 6.54 Å². The summed E-state index contributed by atoms with van der Waals surface area (Å²) in [4.78, 5) is 0. The van der Waals surface area contributed by atoms with Crippen molar-refractivity contribution in [2.45, 2.75) is 56.0 Å². The Morgan fingerprint density at radius 3 is 2.80 bits per heavy atom. The molecule has 1 aromatic carbocycles. The summed E-state index contributed by atoms with van der Waals surface area (Å²) in [5.74, 6) is 0.884. The number of hydrogen-bond acceptors (Lipinski definition) is 3. The molecular formula is C17H25NO2. The molecule has 1 aromatic rings. The average Bonchev–Trinajstić information content (AvgIpc) is 2.47. The van der Waals surface area contributed by atoms with Crippen molar-refractivity contribution in [1.82, 2.24) is 0 Å². The SMILES string of the molecule is COc1ccc2c(c1)[C@@]1(CCN)CCCC[C@@]1(O)CC2. The number of rotatable bonds is 3. The minimum atomic E-state index is -0.579. The molecule has 0 heterocycles. The van der Waals surface area contributed by atoms with Crippen LogP contribution in [0.5, 0.6) is 5.75 Å². The molecule has 0 bridgehead atoms. The summed E-state index contributed by atoms with van der Waals surface area (Å²) >= 11 is 0. The summed E-state index contributed by atoms with van der Waals surface area (Å²) in [6, 6.07) is 6.34. The first kappa shape index (κ1) is 13.9. The zero-order chi connectivity index (χ0) is 14.2. The number of benzene rings is 1. The van der Waals surface area contributed by atoms with Crippen LogP contribution in [-0.2, 0) is 11.8 Å². The Morgan fingerprint density at radius 1 is 1.25 bits per heavy atom. The maximum Gasteiger partial charge on any atom is 0.119 e. The van der Waals surface area contributed by atoms with Crippen LogP contribution in [0.15, 0.2) is 18.2 Å². The smallest absolute Gasteiger partial charge is 0.119 e. The monoisotopic (exact) mass is 275 g/mol. The maximum atomic E-state index is 11.3. The highest BCUT2D eigenvalue weighted by Crippen LogP contribution is 2.54. The van der Waals surface area contributed by atoms with Gasteiger partial charge in [-0.3, -0.25) is 0 Å². The van der Waals surface area contributed by atoms with Crippen LogP contribution in [0.2, 0.25) is 0 Å². The van der Waals surface area contributed by atoms with Gasteiger partial charge in [0.2, 0.25) is 0 Å². The molecule has 0 aromatic heterocycles. The van der Waals surface area contributed by atoms with E-state index in [2.05, 4.69) is 12.1 Å². The molecule has 0 radical (unpaired) electrons. The van der Waals surface area contributed by atoms with Gasteiger partial charge in [0.25, 0.3) is 0 Å². The third-order valence-electron chi connectivity index (χ3n) is 5.55. The first-order valence-corrected chi connectivity index (χ1v) is 7.75. The van der Waals surface area contributed by atoms with Crippen LogP contribution in [0, 0.1) is 0 Å². The lowest BCUT2D eigenvalue weighted by atomic mass is 9.53. The van der Waals surface area contributed by atoms with E-state index < -0.39 is 5.60 Å². The van der Waals surface area contributed by atoms with Gasteiger partial charge < -0.3 is 15.6 Å². The topological polar surface area (TPSA) is 55.5 Å². The van der Waals surface area contributed by atoms with Crippen molar-refractivity contribution in [3.05, 3.63) is 29.3 Å². The summed E-state index contributed by atoms with van der Waals surface area (Å²) in [6.45, 7) is 0.624. The number of methoxy groups -OCH3 is 1. The number of ether oxygens (including phenoxy) is 1. The molecule has 110 valence electrons. The lowest BCUT2D eigenvalue weighted by Crippen LogP contribution is -2.57. The fourth-order valence-corrected chi connectivity index (χ4v) is 4.49. The standard InChI is InChI=1S/C17H25NO2/c1-20-14-5-4-13-6-9-17(19)8-3-2-7-16(17,10-11-18)15(13)12-14/h4-5,12,19H,2-3,6-11,18H2,1H3/t16-,17+/m0/s1. The largest absolute Gasteiger partial charge is 0.497 e. The predicted octanol–water partition coefficient (Wildman–Crippen LogP) is 2.53. The molecule has 3 heteroatoms. The van der Waals surface area contributed by atoms with E-state index in [4.69, 9.17) is 10.5 Å². The fourth-order valence-electron chi connectivity index (χ4n) is 4.49. The fraction of sp³-hybridized carbons (Fsp3) is 0.647. The molecule has 0 spiro atoms. The van der Waals surface area contributed by atoms with Gasteiger partial charge in [0.05, 0.1) is 12.7 Å². The normalized spacial score (nSPS) is 32.4. The van der Waals surface area contributed by atoms with Gasteiger partial charge in [-0.2, -0.15) is 0 Å². The zero-order valence-electron chi connectivity index (χ0n) is 12.3. The second kappa shape index (κ2) is 5.05. The van der Waals surface area contributed by atoms with Gasteiger partial charge in [0, 0.05) is 5.41 Å². The second-order valence-corrected chi connectivity index (χ2v) is 6.38. The number of fused-ring (bicyclic) bond motifs is 3. The average molecular weight is 275 g/mol. The number of aryl methyl sites for hydroxylation is 1. The van der Waals surface area contributed by atoms with Crippen LogP contribution < -0.4 is 10.5 Å². The summed E-state index contributed by atoms with van der Waals surface area (Å²) in [5, 5.41) is 11.3. The van der Waals surface area contributed by atoms with Gasteiger partial charge in [-0.15, -0.1) is 0 Å². The number of hydrogen-bond donors (Lipinski definition) is 2. The first-order chi connectivity index (χ1) is 9.65. The highest BCUT2D eigenvalue weighted by atomic mass is 16.5. The molecule has 3 N–H and O–H groups in total. The van der Waals surface area contributed by atoms with Crippen molar-refractivity contribution < 1.29 is 9.84 Å². The molecule has 2 aliphatic rings. The van der Waals surface area contributed by atoms with Crippen LogP contribution in [0.3, 0.4) is 0 Å². The van der Waals surface area contributed by atoms with Gasteiger partial charge in [0.1, 0.15) is 5.75 Å². The molecule has 3 nitrogen and oxygen atoms in total. The summed E-state index contributed by atoms with van der Waals surface area (Å²) < 4.78 is 5.40. The van der Waals surface area contributed by atoms with Crippen LogP contribution >= 0.6 is 0 Å². The third-order valence-corrected chi connectivity index (χ3v) is 5.55. The van der Waals surface area contributed by atoms with E-state index in [1.807, 2.05) is 6.07 Å². The Labute approximate surface area is 121 Å². The first-order valence-electron chi connectivity index (χ1n) is 7.75. The summed E-state index contributed by atoms with van der Waals surface area (Å²) in [7, 11) is 1.70. The molecule has 0 saturated heterocycles. The maximum absolute atomic E-state index is 11.3. The number of aliphatic hydroxyl groups is 1. The molecule has 2 aliphatic carbocycles. The Hall–Kier alpha value is -1.06. The van der Waals surface area contributed by atoms with Crippen molar-refractivity contribution in [1.29, 1.82) is 0 Å². The van der Waals surface area contributed by atoms with E-state index in [9.17, 15) is 5.11 Å². The molecule has 1 fully saturated rings. The van der Waals surface area contributed by atoms with Crippen molar-refractivity contribution in [3.63, 3.8) is 0 Å². The van der Waals surface area contributed by atoms with Gasteiger partial charge in [-0.25, -0.2) is 0 Å². The molecule has 3 rings (SSSR count). The van der Waals surface area contributed by atoms with Crippen molar-refractivity contribution in [2.24, 2.45) is 5.73 Å².